The maximum atomic E-state index is 11.8. The van der Waals surface area contributed by atoms with Gasteiger partial charge in [-0.25, -0.2) is 4.79 Å². The third-order valence-corrected chi connectivity index (χ3v) is 3.00. The van der Waals surface area contributed by atoms with E-state index < -0.39 is 10.9 Å². The van der Waals surface area contributed by atoms with Gasteiger partial charge in [-0.15, -0.1) is 0 Å². The molecule has 2 aromatic carbocycles. The fourth-order valence-corrected chi connectivity index (χ4v) is 1.98. The summed E-state index contributed by atoms with van der Waals surface area (Å²) in [4.78, 5) is 21.9. The number of hydrogen-bond acceptors (Lipinski definition) is 5. The van der Waals surface area contributed by atoms with Gasteiger partial charge in [0.15, 0.2) is 6.61 Å². The topological polar surface area (TPSA) is 78.7 Å². The van der Waals surface area contributed by atoms with Crippen LogP contribution in [0.4, 0.5) is 5.69 Å². The van der Waals surface area contributed by atoms with Crippen molar-refractivity contribution in [3.05, 3.63) is 63.7 Å². The first-order valence-corrected chi connectivity index (χ1v) is 6.61. The largest absolute Gasteiger partial charge is 0.481 e. The molecule has 0 atom stereocenters. The summed E-state index contributed by atoms with van der Waals surface area (Å²) in [7, 11) is 0. The van der Waals surface area contributed by atoms with E-state index in [9.17, 15) is 14.9 Å². The van der Waals surface area contributed by atoms with Crippen molar-refractivity contribution in [2.75, 3.05) is 6.61 Å². The number of nitro groups is 1. The Bertz CT molecular complexity index is 691. The van der Waals surface area contributed by atoms with Crippen LogP contribution in [0.15, 0.2) is 42.5 Å². The molecule has 0 amide bonds. The number of nitrogens with zero attached hydrogens (tertiary/aromatic N) is 1. The highest BCUT2D eigenvalue weighted by molar-refractivity contribution is 5.74. The number of hydrogen-bond donors (Lipinski definition) is 0. The highest BCUT2D eigenvalue weighted by Gasteiger charge is 2.12. The molecule has 0 spiro atoms. The summed E-state index contributed by atoms with van der Waals surface area (Å²) in [6.07, 6.45) is 0. The van der Waals surface area contributed by atoms with Crippen molar-refractivity contribution in [2.24, 2.45) is 0 Å². The first-order chi connectivity index (χ1) is 10.5. The van der Waals surface area contributed by atoms with E-state index in [2.05, 4.69) is 0 Å². The van der Waals surface area contributed by atoms with Crippen molar-refractivity contribution in [3.8, 4) is 11.5 Å². The number of non-ortho nitro benzene ring substituents is 1. The SMILES string of the molecule is Cc1cccc(C)c1OCC(=O)Oc1cccc([N+](=O)[O-])c1. The zero-order valence-corrected chi connectivity index (χ0v) is 12.2. The van der Waals surface area contributed by atoms with Crippen LogP contribution in [0, 0.1) is 24.0 Å². The molecular weight excluding hydrogens is 286 g/mol. The minimum atomic E-state index is -0.622. The van der Waals surface area contributed by atoms with Gasteiger partial charge in [-0.1, -0.05) is 24.3 Å². The van der Waals surface area contributed by atoms with E-state index in [1.54, 1.807) is 0 Å². The Labute approximate surface area is 127 Å². The van der Waals surface area contributed by atoms with Gasteiger partial charge < -0.3 is 9.47 Å². The Hall–Kier alpha value is -2.89. The van der Waals surface area contributed by atoms with E-state index in [-0.39, 0.29) is 18.0 Å². The fraction of sp³-hybridized carbons (Fsp3) is 0.188. The fourth-order valence-electron chi connectivity index (χ4n) is 1.98. The van der Waals surface area contributed by atoms with Gasteiger partial charge in [0, 0.05) is 6.07 Å². The van der Waals surface area contributed by atoms with E-state index >= 15 is 0 Å². The van der Waals surface area contributed by atoms with Crippen LogP contribution in [0.3, 0.4) is 0 Å². The summed E-state index contributed by atoms with van der Waals surface area (Å²) in [5, 5.41) is 10.7. The summed E-state index contributed by atoms with van der Waals surface area (Å²) >= 11 is 0. The second-order valence-electron chi connectivity index (χ2n) is 4.74. The zero-order chi connectivity index (χ0) is 16.1. The normalized spacial score (nSPS) is 10.1. The molecule has 2 aromatic rings. The van der Waals surface area contributed by atoms with Crippen molar-refractivity contribution in [1.29, 1.82) is 0 Å². The number of nitro benzene ring substituents is 1. The van der Waals surface area contributed by atoms with Crippen LogP contribution < -0.4 is 9.47 Å². The molecule has 22 heavy (non-hydrogen) atoms. The lowest BCUT2D eigenvalue weighted by atomic mass is 10.1. The molecule has 114 valence electrons. The highest BCUT2D eigenvalue weighted by atomic mass is 16.6. The Morgan fingerprint density at radius 1 is 1.14 bits per heavy atom. The molecule has 0 aliphatic heterocycles. The van der Waals surface area contributed by atoms with E-state index in [4.69, 9.17) is 9.47 Å². The average Bonchev–Trinajstić information content (AvgIpc) is 2.47. The molecule has 0 heterocycles. The molecule has 0 unspecified atom stereocenters. The van der Waals surface area contributed by atoms with E-state index in [0.29, 0.717) is 5.75 Å². The van der Waals surface area contributed by atoms with Crippen LogP contribution in [0.5, 0.6) is 11.5 Å². The molecule has 0 fully saturated rings. The average molecular weight is 301 g/mol. The first kappa shape index (κ1) is 15.5. The van der Waals surface area contributed by atoms with Crippen LogP contribution in [0.1, 0.15) is 11.1 Å². The molecule has 2 rings (SSSR count). The molecule has 6 nitrogen and oxygen atoms in total. The lowest BCUT2D eigenvalue weighted by Crippen LogP contribution is -2.18. The highest BCUT2D eigenvalue weighted by Crippen LogP contribution is 2.23. The zero-order valence-electron chi connectivity index (χ0n) is 12.2. The predicted molar refractivity (Wildman–Crippen MR) is 80.1 cm³/mol. The van der Waals surface area contributed by atoms with Crippen LogP contribution in [-0.2, 0) is 4.79 Å². The molecule has 0 radical (unpaired) electrons. The Morgan fingerprint density at radius 3 is 2.41 bits per heavy atom. The molecule has 0 aliphatic rings. The number of benzene rings is 2. The van der Waals surface area contributed by atoms with E-state index in [1.165, 1.54) is 24.3 Å². The number of para-hydroxylation sites is 1. The number of carbonyl (C=O) groups excluding carboxylic acids is 1. The number of ether oxygens (including phenoxy) is 2. The molecule has 0 bridgehead atoms. The molecule has 6 heteroatoms. The minimum absolute atomic E-state index is 0.115. The van der Waals surface area contributed by atoms with E-state index in [1.807, 2.05) is 32.0 Å². The lowest BCUT2D eigenvalue weighted by Gasteiger charge is -2.11. The van der Waals surface area contributed by atoms with Gasteiger partial charge in [0.05, 0.1) is 11.0 Å². The second-order valence-corrected chi connectivity index (χ2v) is 4.74. The molecule has 0 saturated heterocycles. The summed E-state index contributed by atoms with van der Waals surface area (Å²) in [5.74, 6) is 0.131. The summed E-state index contributed by atoms with van der Waals surface area (Å²) in [6.45, 7) is 3.50. The Morgan fingerprint density at radius 2 is 1.77 bits per heavy atom. The number of rotatable bonds is 5. The summed E-state index contributed by atoms with van der Waals surface area (Å²) < 4.78 is 10.5. The number of carbonyl (C=O) groups is 1. The second kappa shape index (κ2) is 6.71. The Balaban J connectivity index is 1.99. The van der Waals surface area contributed by atoms with Gasteiger partial charge in [0.1, 0.15) is 11.5 Å². The van der Waals surface area contributed by atoms with E-state index in [0.717, 1.165) is 11.1 Å². The summed E-state index contributed by atoms with van der Waals surface area (Å²) in [5.41, 5.74) is 1.70. The number of aryl methyl sites for hydroxylation is 2. The molecule has 0 aliphatic carbocycles. The standard InChI is InChI=1S/C16H15NO5/c1-11-5-3-6-12(2)16(11)21-10-15(18)22-14-8-4-7-13(9-14)17(19)20/h3-9H,10H2,1-2H3. The smallest absolute Gasteiger partial charge is 0.349 e. The van der Waals surface area contributed by atoms with Crippen molar-refractivity contribution in [1.82, 2.24) is 0 Å². The molecule has 0 aromatic heterocycles. The van der Waals surface area contributed by atoms with Crippen molar-refractivity contribution in [3.63, 3.8) is 0 Å². The van der Waals surface area contributed by atoms with Gasteiger partial charge in [0.2, 0.25) is 0 Å². The van der Waals surface area contributed by atoms with Crippen LogP contribution in [0.25, 0.3) is 0 Å². The maximum Gasteiger partial charge on any atom is 0.349 e. The van der Waals surface area contributed by atoms with Gasteiger partial charge in [-0.2, -0.15) is 0 Å². The quantitative estimate of drug-likeness (QED) is 0.367. The molecule has 0 N–H and O–H groups in total. The number of esters is 1. The first-order valence-electron chi connectivity index (χ1n) is 6.61. The van der Waals surface area contributed by atoms with Crippen LogP contribution in [0.2, 0.25) is 0 Å². The van der Waals surface area contributed by atoms with Gasteiger partial charge in [0.25, 0.3) is 5.69 Å². The lowest BCUT2D eigenvalue weighted by molar-refractivity contribution is -0.384. The monoisotopic (exact) mass is 301 g/mol. The molecular formula is C16H15NO5. The van der Waals surface area contributed by atoms with Crippen molar-refractivity contribution >= 4 is 11.7 Å². The molecule has 0 saturated carbocycles. The predicted octanol–water partition coefficient (Wildman–Crippen LogP) is 3.20. The third-order valence-electron chi connectivity index (χ3n) is 3.00. The maximum absolute atomic E-state index is 11.8. The van der Waals surface area contributed by atoms with Crippen LogP contribution in [-0.4, -0.2) is 17.5 Å². The minimum Gasteiger partial charge on any atom is -0.481 e. The van der Waals surface area contributed by atoms with Crippen LogP contribution >= 0.6 is 0 Å². The summed E-state index contributed by atoms with van der Waals surface area (Å²) in [6, 6.07) is 11.1. The van der Waals surface area contributed by atoms with Gasteiger partial charge in [-0.3, -0.25) is 10.1 Å². The van der Waals surface area contributed by atoms with Gasteiger partial charge in [-0.05, 0) is 31.0 Å². The Kier molecular flexibility index (Phi) is 4.73. The third kappa shape index (κ3) is 3.82. The van der Waals surface area contributed by atoms with Gasteiger partial charge >= 0.3 is 5.97 Å². The van der Waals surface area contributed by atoms with Crippen molar-refractivity contribution in [2.45, 2.75) is 13.8 Å². The van der Waals surface area contributed by atoms with Crippen molar-refractivity contribution < 1.29 is 19.2 Å².